The Morgan fingerprint density at radius 2 is 1.71 bits per heavy atom. The average molecular weight is 195 g/mol. The Kier molecular flexibility index (Phi) is 5.24. The maximum atomic E-state index is 3.58. The summed E-state index contributed by atoms with van der Waals surface area (Å²) in [5.41, 5.74) is 2.96. The van der Waals surface area contributed by atoms with Crippen molar-refractivity contribution in [3.63, 3.8) is 0 Å². The Balaban J connectivity index is 2.11. The van der Waals surface area contributed by atoms with Crippen molar-refractivity contribution in [2.75, 3.05) is 13.1 Å². The molecule has 82 valence electrons. The lowest BCUT2D eigenvalue weighted by molar-refractivity contribution is 0.346. The van der Waals surface area contributed by atoms with Crippen LogP contribution in [-0.2, 0) is 0 Å². The summed E-state index contributed by atoms with van der Waals surface area (Å²) in [4.78, 5) is 0. The van der Waals surface area contributed by atoms with E-state index in [0.717, 1.165) is 12.5 Å². The van der Waals surface area contributed by atoms with Crippen molar-refractivity contribution in [1.29, 1.82) is 0 Å². The average Bonchev–Trinajstić information content (AvgIpc) is 2.19. The first kappa shape index (κ1) is 11.8. The molecule has 0 heterocycles. The molecule has 0 spiro atoms. The Bertz CT molecular complexity index is 183. The van der Waals surface area contributed by atoms with Gasteiger partial charge in [-0.15, -0.1) is 0 Å². The summed E-state index contributed by atoms with van der Waals surface area (Å²) in [6.07, 6.45) is 7.26. The van der Waals surface area contributed by atoms with Crippen molar-refractivity contribution >= 4 is 0 Å². The van der Waals surface area contributed by atoms with E-state index in [1.165, 1.54) is 49.8 Å². The van der Waals surface area contributed by atoms with E-state index in [-0.39, 0.29) is 0 Å². The van der Waals surface area contributed by atoms with E-state index in [0.29, 0.717) is 0 Å². The van der Waals surface area contributed by atoms with Crippen LogP contribution in [-0.4, -0.2) is 13.1 Å². The molecule has 0 amide bonds. The highest BCUT2D eigenvalue weighted by molar-refractivity contribution is 5.08. The van der Waals surface area contributed by atoms with E-state index in [9.17, 15) is 0 Å². The highest BCUT2D eigenvalue weighted by Gasteiger charge is 2.12. The predicted octanol–water partition coefficient (Wildman–Crippen LogP) is 3.51. The van der Waals surface area contributed by atoms with Crippen LogP contribution in [0.2, 0.25) is 0 Å². The van der Waals surface area contributed by atoms with Gasteiger partial charge in [0, 0.05) is 6.54 Å². The second kappa shape index (κ2) is 6.23. The largest absolute Gasteiger partial charge is 0.313 e. The fourth-order valence-corrected chi connectivity index (χ4v) is 2.03. The first-order valence-electron chi connectivity index (χ1n) is 6.04. The van der Waals surface area contributed by atoms with Crippen molar-refractivity contribution in [1.82, 2.24) is 5.32 Å². The van der Waals surface area contributed by atoms with Crippen LogP contribution < -0.4 is 5.32 Å². The highest BCUT2D eigenvalue weighted by Crippen LogP contribution is 2.22. The van der Waals surface area contributed by atoms with Gasteiger partial charge in [0.1, 0.15) is 0 Å². The molecule has 0 unspecified atom stereocenters. The Hall–Kier alpha value is -0.300. The first-order chi connectivity index (χ1) is 6.70. The maximum Gasteiger partial charge on any atom is 0.0164 e. The normalized spacial score (nSPS) is 18.2. The van der Waals surface area contributed by atoms with Gasteiger partial charge in [-0.1, -0.05) is 30.4 Å². The molecule has 1 rings (SSSR count). The van der Waals surface area contributed by atoms with E-state index in [4.69, 9.17) is 0 Å². The molecule has 0 aliphatic heterocycles. The SMILES string of the molecule is CC(C)=C(C)CNCC1CCCCC1. The van der Waals surface area contributed by atoms with Gasteiger partial charge >= 0.3 is 0 Å². The maximum absolute atomic E-state index is 3.58. The molecule has 0 aromatic heterocycles. The molecule has 14 heavy (non-hydrogen) atoms. The molecule has 0 aromatic carbocycles. The Morgan fingerprint density at radius 1 is 1.07 bits per heavy atom. The summed E-state index contributed by atoms with van der Waals surface area (Å²) in [7, 11) is 0. The van der Waals surface area contributed by atoms with Gasteiger partial charge in [0.2, 0.25) is 0 Å². The fourth-order valence-electron chi connectivity index (χ4n) is 2.03. The molecule has 1 nitrogen and oxygen atoms in total. The van der Waals surface area contributed by atoms with Crippen LogP contribution in [0.1, 0.15) is 52.9 Å². The van der Waals surface area contributed by atoms with E-state index < -0.39 is 0 Å². The summed E-state index contributed by atoms with van der Waals surface area (Å²) in [6.45, 7) is 8.92. The minimum atomic E-state index is 0.953. The molecule has 1 aliphatic rings. The molecule has 1 aliphatic carbocycles. The van der Waals surface area contributed by atoms with E-state index in [1.54, 1.807) is 0 Å². The summed E-state index contributed by atoms with van der Waals surface area (Å²) in [5, 5.41) is 3.58. The lowest BCUT2D eigenvalue weighted by Gasteiger charge is -2.22. The summed E-state index contributed by atoms with van der Waals surface area (Å²) in [5.74, 6) is 0.953. The van der Waals surface area contributed by atoms with Crippen molar-refractivity contribution in [2.45, 2.75) is 52.9 Å². The number of allylic oxidation sites excluding steroid dienone is 1. The lowest BCUT2D eigenvalue weighted by atomic mass is 9.89. The second-order valence-electron chi connectivity index (χ2n) is 4.92. The summed E-state index contributed by atoms with van der Waals surface area (Å²) < 4.78 is 0. The number of hydrogen-bond acceptors (Lipinski definition) is 1. The summed E-state index contributed by atoms with van der Waals surface area (Å²) in [6, 6.07) is 0. The quantitative estimate of drug-likeness (QED) is 0.677. The van der Waals surface area contributed by atoms with Crippen LogP contribution in [0.3, 0.4) is 0 Å². The van der Waals surface area contributed by atoms with Crippen LogP contribution >= 0.6 is 0 Å². The Labute approximate surface area is 89.0 Å². The predicted molar refractivity (Wildman–Crippen MR) is 63.5 cm³/mol. The number of rotatable bonds is 4. The molecule has 0 bridgehead atoms. The van der Waals surface area contributed by atoms with Gasteiger partial charge in [0.25, 0.3) is 0 Å². The third-order valence-electron chi connectivity index (χ3n) is 3.40. The monoisotopic (exact) mass is 195 g/mol. The van der Waals surface area contributed by atoms with Gasteiger partial charge in [-0.25, -0.2) is 0 Å². The van der Waals surface area contributed by atoms with Gasteiger partial charge in [-0.3, -0.25) is 0 Å². The van der Waals surface area contributed by atoms with E-state index in [2.05, 4.69) is 26.1 Å². The molecule has 0 aromatic rings. The Morgan fingerprint density at radius 3 is 2.29 bits per heavy atom. The molecule has 0 saturated heterocycles. The molecule has 1 N–H and O–H groups in total. The van der Waals surface area contributed by atoms with Gasteiger partial charge in [-0.05, 0) is 46.1 Å². The topological polar surface area (TPSA) is 12.0 Å². The zero-order valence-electron chi connectivity index (χ0n) is 10.0. The molecule has 1 heteroatoms. The third-order valence-corrected chi connectivity index (χ3v) is 3.40. The van der Waals surface area contributed by atoms with Crippen molar-refractivity contribution in [3.05, 3.63) is 11.1 Å². The smallest absolute Gasteiger partial charge is 0.0164 e. The number of hydrogen-bond donors (Lipinski definition) is 1. The van der Waals surface area contributed by atoms with Crippen molar-refractivity contribution < 1.29 is 0 Å². The second-order valence-corrected chi connectivity index (χ2v) is 4.92. The molecular weight excluding hydrogens is 170 g/mol. The highest BCUT2D eigenvalue weighted by atomic mass is 14.9. The lowest BCUT2D eigenvalue weighted by Crippen LogP contribution is -2.26. The molecule has 0 atom stereocenters. The minimum absolute atomic E-state index is 0.953. The van der Waals surface area contributed by atoms with Crippen LogP contribution in [0.5, 0.6) is 0 Å². The van der Waals surface area contributed by atoms with Crippen LogP contribution in [0, 0.1) is 5.92 Å². The van der Waals surface area contributed by atoms with Gasteiger partial charge in [-0.2, -0.15) is 0 Å². The molecule has 1 fully saturated rings. The fraction of sp³-hybridized carbons (Fsp3) is 0.846. The third kappa shape index (κ3) is 4.28. The standard InChI is InChI=1S/C13H25N/c1-11(2)12(3)9-14-10-13-7-5-4-6-8-13/h13-14H,4-10H2,1-3H3. The number of nitrogens with one attached hydrogen (secondary N) is 1. The van der Waals surface area contributed by atoms with E-state index in [1.807, 2.05) is 0 Å². The van der Waals surface area contributed by atoms with Gasteiger partial charge < -0.3 is 5.32 Å². The first-order valence-corrected chi connectivity index (χ1v) is 6.04. The van der Waals surface area contributed by atoms with Crippen LogP contribution in [0.15, 0.2) is 11.1 Å². The minimum Gasteiger partial charge on any atom is -0.313 e. The van der Waals surface area contributed by atoms with Crippen molar-refractivity contribution in [3.8, 4) is 0 Å². The van der Waals surface area contributed by atoms with Gasteiger partial charge in [0.15, 0.2) is 0 Å². The van der Waals surface area contributed by atoms with E-state index >= 15 is 0 Å². The van der Waals surface area contributed by atoms with Gasteiger partial charge in [0.05, 0.1) is 0 Å². The molecular formula is C13H25N. The summed E-state index contributed by atoms with van der Waals surface area (Å²) >= 11 is 0. The zero-order valence-corrected chi connectivity index (χ0v) is 10.0. The molecule has 0 radical (unpaired) electrons. The zero-order chi connectivity index (χ0) is 10.4. The van der Waals surface area contributed by atoms with Crippen LogP contribution in [0.4, 0.5) is 0 Å². The van der Waals surface area contributed by atoms with Crippen molar-refractivity contribution in [2.24, 2.45) is 5.92 Å². The molecule has 1 saturated carbocycles. The van der Waals surface area contributed by atoms with Crippen LogP contribution in [0.25, 0.3) is 0 Å².